The van der Waals surface area contributed by atoms with Crippen LogP contribution in [0.15, 0.2) is 36.5 Å². The van der Waals surface area contributed by atoms with Crippen LogP contribution in [0.5, 0.6) is 0 Å². The number of aromatic nitrogens is 1. The summed E-state index contributed by atoms with van der Waals surface area (Å²) in [4.78, 5) is 17.4. The second kappa shape index (κ2) is 5.00. The van der Waals surface area contributed by atoms with Crippen molar-refractivity contribution in [1.82, 2.24) is 9.88 Å². The molecule has 1 atom stereocenters. The van der Waals surface area contributed by atoms with Gasteiger partial charge in [-0.25, -0.2) is 4.39 Å². The largest absolute Gasteiger partial charge is 0.399 e. The van der Waals surface area contributed by atoms with Crippen LogP contribution in [-0.4, -0.2) is 22.3 Å². The molecule has 1 fully saturated rings. The minimum Gasteiger partial charge on any atom is -0.399 e. The molecule has 0 bridgehead atoms. The zero-order valence-electron chi connectivity index (χ0n) is 11.0. The van der Waals surface area contributed by atoms with Crippen molar-refractivity contribution in [1.29, 1.82) is 0 Å². The van der Waals surface area contributed by atoms with E-state index in [0.29, 0.717) is 12.2 Å². The van der Waals surface area contributed by atoms with E-state index in [1.165, 1.54) is 12.1 Å². The molecule has 1 amide bonds. The zero-order chi connectivity index (χ0) is 14.1. The Bertz CT molecular complexity index is 624. The number of amides is 1. The van der Waals surface area contributed by atoms with Crippen molar-refractivity contribution in [3.05, 3.63) is 53.6 Å². The fraction of sp³-hybridized carbons (Fsp3) is 0.267. The Morgan fingerprint density at radius 2 is 2.25 bits per heavy atom. The number of likely N-dealkylation sites (tertiary alicyclic amines) is 1. The van der Waals surface area contributed by atoms with Gasteiger partial charge in [0.15, 0.2) is 0 Å². The van der Waals surface area contributed by atoms with E-state index in [-0.39, 0.29) is 17.5 Å². The minimum absolute atomic E-state index is 0.00514. The van der Waals surface area contributed by atoms with Gasteiger partial charge in [0.25, 0.3) is 5.91 Å². The Balaban J connectivity index is 1.89. The molecule has 0 spiro atoms. The number of carbonyl (C=O) groups is 1. The van der Waals surface area contributed by atoms with Crippen LogP contribution in [0.3, 0.4) is 0 Å². The predicted octanol–water partition coefficient (Wildman–Crippen LogP) is 2.71. The van der Waals surface area contributed by atoms with Crippen molar-refractivity contribution in [3.8, 4) is 0 Å². The molecule has 1 aromatic carbocycles. The fourth-order valence-corrected chi connectivity index (χ4v) is 2.74. The molecule has 0 saturated carbocycles. The van der Waals surface area contributed by atoms with Crippen LogP contribution in [0.25, 0.3) is 0 Å². The average Bonchev–Trinajstić information content (AvgIpc) is 3.09. The van der Waals surface area contributed by atoms with Crippen molar-refractivity contribution >= 4 is 11.6 Å². The van der Waals surface area contributed by atoms with Crippen LogP contribution in [0.2, 0.25) is 0 Å². The van der Waals surface area contributed by atoms with Crippen molar-refractivity contribution < 1.29 is 9.18 Å². The lowest BCUT2D eigenvalue weighted by Crippen LogP contribution is -2.31. The van der Waals surface area contributed by atoms with Gasteiger partial charge in [0.1, 0.15) is 5.82 Å². The Morgan fingerprint density at radius 3 is 2.95 bits per heavy atom. The molecule has 0 radical (unpaired) electrons. The number of rotatable bonds is 2. The first kappa shape index (κ1) is 12.7. The molecule has 1 aliphatic rings. The monoisotopic (exact) mass is 273 g/mol. The van der Waals surface area contributed by atoms with Crippen LogP contribution in [0.4, 0.5) is 10.1 Å². The van der Waals surface area contributed by atoms with Crippen LogP contribution < -0.4 is 5.73 Å². The Morgan fingerprint density at radius 1 is 1.40 bits per heavy atom. The summed E-state index contributed by atoms with van der Waals surface area (Å²) >= 11 is 0. The zero-order valence-corrected chi connectivity index (χ0v) is 11.0. The average molecular weight is 273 g/mol. The van der Waals surface area contributed by atoms with Gasteiger partial charge in [-0.05, 0) is 43.2 Å². The summed E-state index contributed by atoms with van der Waals surface area (Å²) in [6, 6.07) is 8.05. The second-order valence-electron chi connectivity index (χ2n) is 5.02. The normalized spacial score (nSPS) is 18.4. The SMILES string of the molecule is Nc1ccc(C(=O)N2CCCC2c2ccc[nH]2)c(F)c1. The molecule has 2 aromatic rings. The Labute approximate surface area is 116 Å². The number of nitrogens with zero attached hydrogens (tertiary/aromatic N) is 1. The maximum absolute atomic E-state index is 13.9. The molecule has 1 aliphatic heterocycles. The van der Waals surface area contributed by atoms with E-state index in [4.69, 9.17) is 5.73 Å². The van der Waals surface area contributed by atoms with Crippen molar-refractivity contribution in [2.24, 2.45) is 0 Å². The molecular weight excluding hydrogens is 257 g/mol. The van der Waals surface area contributed by atoms with E-state index in [1.807, 2.05) is 18.3 Å². The minimum atomic E-state index is -0.563. The van der Waals surface area contributed by atoms with Crippen LogP contribution in [0.1, 0.15) is 34.9 Å². The quantitative estimate of drug-likeness (QED) is 0.826. The molecule has 5 heteroatoms. The number of hydrogen-bond donors (Lipinski definition) is 2. The summed E-state index contributed by atoms with van der Waals surface area (Å²) in [5.74, 6) is -0.841. The lowest BCUT2D eigenvalue weighted by atomic mass is 10.1. The lowest BCUT2D eigenvalue weighted by molar-refractivity contribution is 0.0728. The lowest BCUT2D eigenvalue weighted by Gasteiger charge is -2.24. The number of aromatic amines is 1. The van der Waals surface area contributed by atoms with Gasteiger partial charge in [0.2, 0.25) is 0 Å². The Kier molecular flexibility index (Phi) is 3.18. The smallest absolute Gasteiger partial charge is 0.257 e. The first-order chi connectivity index (χ1) is 9.66. The van der Waals surface area contributed by atoms with E-state index in [1.54, 1.807) is 11.0 Å². The van der Waals surface area contributed by atoms with Gasteiger partial charge in [-0.2, -0.15) is 0 Å². The van der Waals surface area contributed by atoms with Gasteiger partial charge in [-0.15, -0.1) is 0 Å². The summed E-state index contributed by atoms with van der Waals surface area (Å²) in [6.45, 7) is 0.645. The fourth-order valence-electron chi connectivity index (χ4n) is 2.74. The number of halogens is 1. The molecule has 1 aromatic heterocycles. The molecule has 1 unspecified atom stereocenters. The molecule has 1 saturated heterocycles. The molecular formula is C15H16FN3O. The standard InChI is InChI=1S/C15H16FN3O/c16-12-9-10(17)5-6-11(12)15(20)19-8-2-4-14(19)13-3-1-7-18-13/h1,3,5-7,9,14,18H,2,4,8,17H2. The van der Waals surface area contributed by atoms with Gasteiger partial charge in [0.05, 0.1) is 11.6 Å². The summed E-state index contributed by atoms with van der Waals surface area (Å²) < 4.78 is 13.9. The van der Waals surface area contributed by atoms with Crippen molar-refractivity contribution in [2.75, 3.05) is 12.3 Å². The number of nitrogens with one attached hydrogen (secondary N) is 1. The molecule has 4 nitrogen and oxygen atoms in total. The summed E-state index contributed by atoms with van der Waals surface area (Å²) in [6.07, 6.45) is 3.65. The first-order valence-corrected chi connectivity index (χ1v) is 6.66. The summed E-state index contributed by atoms with van der Waals surface area (Å²) in [7, 11) is 0. The highest BCUT2D eigenvalue weighted by atomic mass is 19.1. The third-order valence-corrected chi connectivity index (χ3v) is 3.72. The molecule has 3 rings (SSSR count). The van der Waals surface area contributed by atoms with Gasteiger partial charge in [-0.3, -0.25) is 4.79 Å². The summed E-state index contributed by atoms with van der Waals surface area (Å²) in [5.41, 5.74) is 6.91. The van der Waals surface area contributed by atoms with Gasteiger partial charge >= 0.3 is 0 Å². The van der Waals surface area contributed by atoms with Gasteiger partial charge in [0, 0.05) is 24.1 Å². The van der Waals surface area contributed by atoms with Crippen molar-refractivity contribution in [2.45, 2.75) is 18.9 Å². The number of carbonyl (C=O) groups excluding carboxylic acids is 1. The predicted molar refractivity (Wildman–Crippen MR) is 74.6 cm³/mol. The van der Waals surface area contributed by atoms with Crippen LogP contribution in [0, 0.1) is 5.82 Å². The maximum atomic E-state index is 13.9. The highest BCUT2D eigenvalue weighted by molar-refractivity contribution is 5.95. The third kappa shape index (κ3) is 2.15. The number of hydrogen-bond acceptors (Lipinski definition) is 2. The molecule has 20 heavy (non-hydrogen) atoms. The number of anilines is 1. The Hall–Kier alpha value is -2.30. The molecule has 2 heterocycles. The van der Waals surface area contributed by atoms with E-state index >= 15 is 0 Å². The third-order valence-electron chi connectivity index (χ3n) is 3.72. The number of benzene rings is 1. The highest BCUT2D eigenvalue weighted by Crippen LogP contribution is 2.32. The molecule has 0 aliphatic carbocycles. The van der Waals surface area contributed by atoms with E-state index in [0.717, 1.165) is 18.5 Å². The molecule has 104 valence electrons. The van der Waals surface area contributed by atoms with E-state index < -0.39 is 5.82 Å². The topological polar surface area (TPSA) is 62.1 Å². The number of nitrogens with two attached hydrogens (primary N) is 1. The number of nitrogen functional groups attached to an aromatic ring is 1. The van der Waals surface area contributed by atoms with E-state index in [2.05, 4.69) is 4.98 Å². The molecule has 3 N–H and O–H groups in total. The maximum Gasteiger partial charge on any atom is 0.257 e. The second-order valence-corrected chi connectivity index (χ2v) is 5.02. The van der Waals surface area contributed by atoms with Crippen LogP contribution >= 0.6 is 0 Å². The van der Waals surface area contributed by atoms with Crippen molar-refractivity contribution in [3.63, 3.8) is 0 Å². The highest BCUT2D eigenvalue weighted by Gasteiger charge is 2.32. The summed E-state index contributed by atoms with van der Waals surface area (Å²) in [5, 5.41) is 0. The van der Waals surface area contributed by atoms with E-state index in [9.17, 15) is 9.18 Å². The number of H-pyrrole nitrogens is 1. The van der Waals surface area contributed by atoms with Gasteiger partial charge in [-0.1, -0.05) is 0 Å². The van der Waals surface area contributed by atoms with Crippen LogP contribution in [-0.2, 0) is 0 Å². The first-order valence-electron chi connectivity index (χ1n) is 6.66. The van der Waals surface area contributed by atoms with Gasteiger partial charge < -0.3 is 15.6 Å².